The Balaban J connectivity index is 1.95. The molecule has 0 aliphatic carbocycles. The molecule has 0 radical (unpaired) electrons. The van der Waals surface area contributed by atoms with E-state index in [-0.39, 0.29) is 24.1 Å². The van der Waals surface area contributed by atoms with Gasteiger partial charge in [0.2, 0.25) is 5.91 Å². The van der Waals surface area contributed by atoms with Crippen molar-refractivity contribution in [1.82, 2.24) is 4.90 Å². The summed E-state index contributed by atoms with van der Waals surface area (Å²) in [6, 6.07) is 2.54. The first-order valence-electron chi connectivity index (χ1n) is 7.12. The number of aliphatic hydroxyl groups is 1. The third-order valence-corrected chi connectivity index (χ3v) is 4.02. The van der Waals surface area contributed by atoms with Gasteiger partial charge < -0.3 is 10.4 Å². The molecule has 21 heavy (non-hydrogen) atoms. The Bertz CT molecular complexity index is 502. The Labute approximate surface area is 122 Å². The number of amides is 1. The minimum Gasteiger partial charge on any atom is -0.396 e. The van der Waals surface area contributed by atoms with Gasteiger partial charge in [-0.15, -0.1) is 0 Å². The Morgan fingerprint density at radius 1 is 1.43 bits per heavy atom. The highest BCUT2D eigenvalue weighted by Crippen LogP contribution is 2.20. The topological polar surface area (TPSA) is 52.6 Å². The van der Waals surface area contributed by atoms with Crippen LogP contribution in [0.1, 0.15) is 19.8 Å². The van der Waals surface area contributed by atoms with Crippen LogP contribution in [0, 0.1) is 17.6 Å². The van der Waals surface area contributed by atoms with E-state index < -0.39 is 17.7 Å². The van der Waals surface area contributed by atoms with E-state index in [9.17, 15) is 13.6 Å². The van der Waals surface area contributed by atoms with E-state index in [1.54, 1.807) is 6.92 Å². The zero-order valence-corrected chi connectivity index (χ0v) is 12.0. The molecule has 0 aromatic heterocycles. The summed E-state index contributed by atoms with van der Waals surface area (Å²) in [6.07, 6.45) is 1.67. The number of carbonyl (C=O) groups is 1. The minimum atomic E-state index is -0.657. The summed E-state index contributed by atoms with van der Waals surface area (Å²) in [7, 11) is 0. The Morgan fingerprint density at radius 3 is 2.71 bits per heavy atom. The summed E-state index contributed by atoms with van der Waals surface area (Å²) in [6.45, 7) is 3.34. The van der Waals surface area contributed by atoms with Crippen LogP contribution in [-0.2, 0) is 4.79 Å². The van der Waals surface area contributed by atoms with Gasteiger partial charge in [0.25, 0.3) is 0 Å². The molecule has 2 rings (SSSR count). The summed E-state index contributed by atoms with van der Waals surface area (Å²) < 4.78 is 26.6. The van der Waals surface area contributed by atoms with Crippen LogP contribution in [0.25, 0.3) is 0 Å². The van der Waals surface area contributed by atoms with Crippen molar-refractivity contribution in [3.8, 4) is 0 Å². The number of nitrogens with zero attached hydrogens (tertiary/aromatic N) is 1. The highest BCUT2D eigenvalue weighted by Gasteiger charge is 2.26. The summed E-state index contributed by atoms with van der Waals surface area (Å²) in [5.74, 6) is -1.32. The van der Waals surface area contributed by atoms with E-state index in [2.05, 4.69) is 5.32 Å². The predicted octanol–water partition coefficient (Wildman–Crippen LogP) is 2.00. The molecule has 1 aliphatic heterocycles. The van der Waals surface area contributed by atoms with E-state index in [0.29, 0.717) is 13.1 Å². The third kappa shape index (κ3) is 3.98. The molecule has 1 aliphatic rings. The molecule has 1 fully saturated rings. The second kappa shape index (κ2) is 6.95. The van der Waals surface area contributed by atoms with Crippen LogP contribution in [0.5, 0.6) is 0 Å². The first kappa shape index (κ1) is 15.9. The second-order valence-electron chi connectivity index (χ2n) is 5.45. The fourth-order valence-electron chi connectivity index (χ4n) is 2.52. The maximum absolute atomic E-state index is 13.5. The molecule has 1 amide bonds. The van der Waals surface area contributed by atoms with Gasteiger partial charge in [0.15, 0.2) is 0 Å². The quantitative estimate of drug-likeness (QED) is 0.894. The minimum absolute atomic E-state index is 0.142. The Hall–Kier alpha value is -1.53. The van der Waals surface area contributed by atoms with Crippen molar-refractivity contribution in [1.29, 1.82) is 0 Å². The molecule has 2 N–H and O–H groups in total. The lowest BCUT2D eigenvalue weighted by Crippen LogP contribution is -2.46. The van der Waals surface area contributed by atoms with Crippen molar-refractivity contribution in [3.05, 3.63) is 29.8 Å². The molecule has 1 unspecified atom stereocenters. The summed E-state index contributed by atoms with van der Waals surface area (Å²) in [4.78, 5) is 14.1. The van der Waals surface area contributed by atoms with Gasteiger partial charge in [0.1, 0.15) is 11.6 Å². The number of benzene rings is 1. The first-order chi connectivity index (χ1) is 10.0. The average Bonchev–Trinajstić information content (AvgIpc) is 2.50. The van der Waals surface area contributed by atoms with Crippen LogP contribution >= 0.6 is 0 Å². The van der Waals surface area contributed by atoms with E-state index in [4.69, 9.17) is 5.11 Å². The number of hydrogen-bond acceptors (Lipinski definition) is 3. The molecule has 0 saturated carbocycles. The summed E-state index contributed by atoms with van der Waals surface area (Å²) in [5.41, 5.74) is -0.142. The highest BCUT2D eigenvalue weighted by molar-refractivity contribution is 5.94. The monoisotopic (exact) mass is 298 g/mol. The molecule has 1 aromatic carbocycles. The second-order valence-corrected chi connectivity index (χ2v) is 5.45. The smallest absolute Gasteiger partial charge is 0.241 e. The van der Waals surface area contributed by atoms with Crippen molar-refractivity contribution in [3.63, 3.8) is 0 Å². The van der Waals surface area contributed by atoms with Gasteiger partial charge in [-0.25, -0.2) is 8.78 Å². The maximum atomic E-state index is 13.5. The van der Waals surface area contributed by atoms with Gasteiger partial charge in [0.05, 0.1) is 11.7 Å². The zero-order valence-electron chi connectivity index (χ0n) is 12.0. The summed E-state index contributed by atoms with van der Waals surface area (Å²) >= 11 is 0. The van der Waals surface area contributed by atoms with Crippen molar-refractivity contribution in [2.24, 2.45) is 5.92 Å². The molecule has 1 heterocycles. The van der Waals surface area contributed by atoms with E-state index >= 15 is 0 Å². The normalized spacial score (nSPS) is 18.5. The fourth-order valence-corrected chi connectivity index (χ4v) is 2.52. The van der Waals surface area contributed by atoms with Gasteiger partial charge in [-0.2, -0.15) is 0 Å². The van der Waals surface area contributed by atoms with Crippen LogP contribution in [0.3, 0.4) is 0 Å². The predicted molar refractivity (Wildman–Crippen MR) is 75.8 cm³/mol. The van der Waals surface area contributed by atoms with Crippen LogP contribution in [-0.4, -0.2) is 41.7 Å². The van der Waals surface area contributed by atoms with Crippen molar-refractivity contribution in [2.75, 3.05) is 25.0 Å². The molecule has 6 heteroatoms. The van der Waals surface area contributed by atoms with E-state index in [1.807, 2.05) is 4.90 Å². The standard InChI is InChI=1S/C15H20F2N2O2/c1-10(19-6-4-11(9-20)5-7-19)15(21)18-14-8-12(16)2-3-13(14)17/h2-3,8,10-11,20H,4-7,9H2,1H3,(H,18,21). The summed E-state index contributed by atoms with van der Waals surface area (Å²) in [5, 5.41) is 11.5. The van der Waals surface area contributed by atoms with Gasteiger partial charge >= 0.3 is 0 Å². The third-order valence-electron chi connectivity index (χ3n) is 4.02. The molecule has 1 saturated heterocycles. The Morgan fingerprint density at radius 2 is 2.10 bits per heavy atom. The number of nitrogens with one attached hydrogen (secondary N) is 1. The van der Waals surface area contributed by atoms with Crippen LogP contribution in [0.2, 0.25) is 0 Å². The number of halogens is 2. The number of rotatable bonds is 4. The molecule has 0 bridgehead atoms. The van der Waals surface area contributed by atoms with Gasteiger partial charge in [-0.1, -0.05) is 0 Å². The molecule has 1 atom stereocenters. The fraction of sp³-hybridized carbons (Fsp3) is 0.533. The van der Waals surface area contributed by atoms with Gasteiger partial charge in [-0.3, -0.25) is 9.69 Å². The van der Waals surface area contributed by atoms with E-state index in [1.165, 1.54) is 0 Å². The van der Waals surface area contributed by atoms with Crippen LogP contribution in [0.15, 0.2) is 18.2 Å². The SMILES string of the molecule is CC(C(=O)Nc1cc(F)ccc1F)N1CCC(CO)CC1. The van der Waals surface area contributed by atoms with Crippen molar-refractivity contribution >= 4 is 11.6 Å². The largest absolute Gasteiger partial charge is 0.396 e. The number of aliphatic hydroxyl groups excluding tert-OH is 1. The van der Waals surface area contributed by atoms with Crippen molar-refractivity contribution < 1.29 is 18.7 Å². The number of piperidine rings is 1. The molecule has 0 spiro atoms. The number of likely N-dealkylation sites (tertiary alicyclic amines) is 1. The zero-order chi connectivity index (χ0) is 15.4. The Kier molecular flexibility index (Phi) is 5.25. The maximum Gasteiger partial charge on any atom is 0.241 e. The lowest BCUT2D eigenvalue weighted by molar-refractivity contribution is -0.121. The lowest BCUT2D eigenvalue weighted by atomic mass is 9.97. The molecule has 4 nitrogen and oxygen atoms in total. The number of hydrogen-bond donors (Lipinski definition) is 2. The molecular weight excluding hydrogens is 278 g/mol. The van der Waals surface area contributed by atoms with Crippen LogP contribution < -0.4 is 5.32 Å². The first-order valence-corrected chi connectivity index (χ1v) is 7.12. The van der Waals surface area contributed by atoms with Gasteiger partial charge in [0, 0.05) is 12.7 Å². The number of carbonyl (C=O) groups excluding carboxylic acids is 1. The van der Waals surface area contributed by atoms with Crippen LogP contribution in [0.4, 0.5) is 14.5 Å². The van der Waals surface area contributed by atoms with Gasteiger partial charge in [-0.05, 0) is 50.9 Å². The average molecular weight is 298 g/mol. The molecule has 1 aromatic rings. The highest BCUT2D eigenvalue weighted by atomic mass is 19.1. The van der Waals surface area contributed by atoms with Crippen molar-refractivity contribution in [2.45, 2.75) is 25.8 Å². The molecular formula is C15H20F2N2O2. The number of anilines is 1. The van der Waals surface area contributed by atoms with E-state index in [0.717, 1.165) is 31.0 Å². The molecule has 116 valence electrons. The lowest BCUT2D eigenvalue weighted by Gasteiger charge is -2.34.